The van der Waals surface area contributed by atoms with E-state index in [0.717, 1.165) is 28.4 Å². The molecule has 0 spiro atoms. The van der Waals surface area contributed by atoms with Crippen LogP contribution in [-0.4, -0.2) is 12.4 Å². The number of thiophene rings is 1. The molecule has 3 unspecified atom stereocenters. The molecule has 2 aliphatic rings. The summed E-state index contributed by atoms with van der Waals surface area (Å²) in [5.74, 6) is 0.888. The summed E-state index contributed by atoms with van der Waals surface area (Å²) in [7, 11) is 0. The minimum absolute atomic E-state index is 0.115. The van der Waals surface area contributed by atoms with E-state index in [0.29, 0.717) is 13.0 Å². The predicted molar refractivity (Wildman–Crippen MR) is 122 cm³/mol. The molecule has 1 aliphatic heterocycles. The van der Waals surface area contributed by atoms with Gasteiger partial charge < -0.3 is 15.4 Å². The summed E-state index contributed by atoms with van der Waals surface area (Å²) in [5.41, 5.74) is 3.96. The second kappa shape index (κ2) is 8.00. The summed E-state index contributed by atoms with van der Waals surface area (Å²) in [6.45, 7) is 2.57. The van der Waals surface area contributed by atoms with Crippen LogP contribution in [0.4, 0.5) is 11.4 Å². The maximum atomic E-state index is 13.5. The Hall–Kier alpha value is -3.05. The molecule has 2 heterocycles. The zero-order valence-corrected chi connectivity index (χ0v) is 17.6. The number of carbonyl (C=O) groups excluding carboxylic acids is 1. The highest BCUT2D eigenvalue weighted by Gasteiger charge is 2.40. The van der Waals surface area contributed by atoms with Gasteiger partial charge in [-0.15, -0.1) is 11.3 Å². The Morgan fingerprint density at radius 3 is 2.63 bits per heavy atom. The molecule has 0 saturated heterocycles. The summed E-state index contributed by atoms with van der Waals surface area (Å²) in [6.07, 6.45) is 2.76. The minimum atomic E-state index is -0.296. The van der Waals surface area contributed by atoms with Crippen molar-refractivity contribution in [3.63, 3.8) is 0 Å². The Labute approximate surface area is 180 Å². The van der Waals surface area contributed by atoms with E-state index in [4.69, 9.17) is 4.74 Å². The minimum Gasteiger partial charge on any atom is -0.494 e. The molecular weight excluding hydrogens is 392 g/mol. The van der Waals surface area contributed by atoms with Gasteiger partial charge in [-0.1, -0.05) is 42.5 Å². The first-order valence-electron chi connectivity index (χ1n) is 10.4. The molecule has 3 aromatic rings. The molecule has 3 atom stereocenters. The Morgan fingerprint density at radius 1 is 1.03 bits per heavy atom. The number of Topliss-reactive ketones (excluding diaryl/α,β-unsaturated/α-hetero) is 1. The predicted octanol–water partition coefficient (Wildman–Crippen LogP) is 5.98. The molecule has 1 aliphatic carbocycles. The zero-order valence-electron chi connectivity index (χ0n) is 16.8. The normalized spacial score (nSPS) is 22.6. The highest BCUT2D eigenvalue weighted by Crippen LogP contribution is 2.46. The van der Waals surface area contributed by atoms with Gasteiger partial charge in [0.25, 0.3) is 0 Å². The van der Waals surface area contributed by atoms with Gasteiger partial charge in [0.1, 0.15) is 11.5 Å². The smallest absolute Gasteiger partial charge is 0.145 e. The lowest BCUT2D eigenvalue weighted by Gasteiger charge is -2.32. The lowest BCUT2D eigenvalue weighted by atomic mass is 9.78. The third-order valence-electron chi connectivity index (χ3n) is 5.80. The molecule has 2 N–H and O–H groups in total. The Balaban J connectivity index is 1.64. The van der Waals surface area contributed by atoms with E-state index >= 15 is 0 Å². The van der Waals surface area contributed by atoms with E-state index in [2.05, 4.69) is 46.4 Å². The molecule has 2 aromatic carbocycles. The van der Waals surface area contributed by atoms with Crippen LogP contribution in [0, 0.1) is 5.92 Å². The van der Waals surface area contributed by atoms with Gasteiger partial charge in [-0.05, 0) is 36.6 Å². The van der Waals surface area contributed by atoms with E-state index < -0.39 is 0 Å². The van der Waals surface area contributed by atoms with Crippen LogP contribution in [0.1, 0.15) is 35.7 Å². The molecule has 0 bridgehead atoms. The van der Waals surface area contributed by atoms with E-state index in [-0.39, 0.29) is 23.7 Å². The molecule has 0 saturated carbocycles. The number of fused-ring (bicyclic) bond motifs is 2. The number of benzene rings is 2. The van der Waals surface area contributed by atoms with Crippen LogP contribution in [0.25, 0.3) is 0 Å². The maximum absolute atomic E-state index is 13.5. The van der Waals surface area contributed by atoms with Crippen molar-refractivity contribution in [2.24, 2.45) is 5.92 Å². The molecule has 5 rings (SSSR count). The Bertz CT molecular complexity index is 1090. The van der Waals surface area contributed by atoms with Crippen molar-refractivity contribution in [2.45, 2.75) is 25.3 Å². The third kappa shape index (κ3) is 3.39. The van der Waals surface area contributed by atoms with E-state index in [1.807, 2.05) is 43.3 Å². The number of ketones is 1. The summed E-state index contributed by atoms with van der Waals surface area (Å²) < 4.78 is 5.92. The number of anilines is 2. The molecule has 30 heavy (non-hydrogen) atoms. The summed E-state index contributed by atoms with van der Waals surface area (Å²) in [5, 5.41) is 9.30. The number of allylic oxidation sites excluding steroid dienone is 1. The van der Waals surface area contributed by atoms with Gasteiger partial charge in [0.15, 0.2) is 0 Å². The highest BCUT2D eigenvalue weighted by molar-refractivity contribution is 7.10. The summed E-state index contributed by atoms with van der Waals surface area (Å²) in [4.78, 5) is 14.8. The first-order valence-corrected chi connectivity index (χ1v) is 11.2. The van der Waals surface area contributed by atoms with Crippen molar-refractivity contribution in [3.8, 4) is 5.75 Å². The third-order valence-corrected chi connectivity index (χ3v) is 6.80. The summed E-state index contributed by atoms with van der Waals surface area (Å²) >= 11 is 1.71. The van der Waals surface area contributed by atoms with Crippen LogP contribution in [-0.2, 0) is 4.79 Å². The van der Waals surface area contributed by atoms with Crippen molar-refractivity contribution < 1.29 is 9.53 Å². The standard InChI is InChI=1S/C25H24N2O2S/c1-2-29-22-11-6-3-8-17(22)25-24-20(26-18-9-4-5-10-19(18)27-25)14-16(15-21(24)28)23-12-7-13-30-23/h3-14,16,24-27H,2,15H2,1H3. The first kappa shape index (κ1) is 18.9. The number of ether oxygens (including phenoxy) is 1. The van der Waals surface area contributed by atoms with Gasteiger partial charge in [-0.2, -0.15) is 0 Å². The van der Waals surface area contributed by atoms with Gasteiger partial charge >= 0.3 is 0 Å². The number of rotatable bonds is 4. The molecule has 5 heteroatoms. The second-order valence-electron chi connectivity index (χ2n) is 7.66. The van der Waals surface area contributed by atoms with Crippen LogP contribution >= 0.6 is 11.3 Å². The van der Waals surface area contributed by atoms with Crippen LogP contribution in [0.5, 0.6) is 5.75 Å². The Morgan fingerprint density at radius 2 is 1.83 bits per heavy atom. The number of para-hydroxylation sites is 3. The molecule has 0 amide bonds. The van der Waals surface area contributed by atoms with Crippen LogP contribution < -0.4 is 15.4 Å². The van der Waals surface area contributed by atoms with Gasteiger partial charge in [-0.25, -0.2) is 0 Å². The fraction of sp³-hybridized carbons (Fsp3) is 0.240. The maximum Gasteiger partial charge on any atom is 0.145 e. The van der Waals surface area contributed by atoms with Gasteiger partial charge in [0, 0.05) is 28.5 Å². The topological polar surface area (TPSA) is 50.4 Å². The molecule has 4 nitrogen and oxygen atoms in total. The Kier molecular flexibility index (Phi) is 5.05. The molecular formula is C25H24N2O2S. The largest absolute Gasteiger partial charge is 0.494 e. The number of hydrogen-bond donors (Lipinski definition) is 2. The second-order valence-corrected chi connectivity index (χ2v) is 8.63. The number of carbonyl (C=O) groups is 1. The number of hydrogen-bond acceptors (Lipinski definition) is 5. The van der Waals surface area contributed by atoms with Crippen molar-refractivity contribution >= 4 is 28.5 Å². The lowest BCUT2D eigenvalue weighted by Crippen LogP contribution is -2.34. The molecule has 152 valence electrons. The van der Waals surface area contributed by atoms with Crippen LogP contribution in [0.2, 0.25) is 0 Å². The summed E-state index contributed by atoms with van der Waals surface area (Å²) in [6, 6.07) is 20.1. The zero-order chi connectivity index (χ0) is 20.5. The molecule has 0 radical (unpaired) electrons. The van der Waals surface area contributed by atoms with Crippen molar-refractivity contribution in [2.75, 3.05) is 17.2 Å². The lowest BCUT2D eigenvalue weighted by molar-refractivity contribution is -0.122. The average molecular weight is 417 g/mol. The average Bonchev–Trinajstić information content (AvgIpc) is 3.24. The fourth-order valence-electron chi connectivity index (χ4n) is 4.47. The van der Waals surface area contributed by atoms with Gasteiger partial charge in [0.05, 0.1) is 29.9 Å². The monoisotopic (exact) mass is 416 g/mol. The van der Waals surface area contributed by atoms with Crippen molar-refractivity contribution in [1.29, 1.82) is 0 Å². The van der Waals surface area contributed by atoms with Crippen LogP contribution in [0.15, 0.2) is 77.8 Å². The van der Waals surface area contributed by atoms with E-state index in [9.17, 15) is 4.79 Å². The van der Waals surface area contributed by atoms with E-state index in [1.165, 1.54) is 4.88 Å². The van der Waals surface area contributed by atoms with Gasteiger partial charge in [0.2, 0.25) is 0 Å². The van der Waals surface area contributed by atoms with Crippen molar-refractivity contribution in [3.05, 3.63) is 88.3 Å². The van der Waals surface area contributed by atoms with E-state index in [1.54, 1.807) is 11.3 Å². The fourth-order valence-corrected chi connectivity index (χ4v) is 5.27. The van der Waals surface area contributed by atoms with Gasteiger partial charge in [-0.3, -0.25) is 4.79 Å². The first-order chi connectivity index (χ1) is 14.7. The SMILES string of the molecule is CCOc1ccccc1C1Nc2ccccc2NC2=CC(c3cccs3)CC(=O)C21. The highest BCUT2D eigenvalue weighted by atomic mass is 32.1. The van der Waals surface area contributed by atoms with Crippen LogP contribution in [0.3, 0.4) is 0 Å². The molecule has 1 aromatic heterocycles. The number of nitrogens with one attached hydrogen (secondary N) is 2. The quantitative estimate of drug-likeness (QED) is 0.549. The molecule has 0 fully saturated rings. The van der Waals surface area contributed by atoms with Crippen molar-refractivity contribution in [1.82, 2.24) is 0 Å².